The predicted molar refractivity (Wildman–Crippen MR) is 30.3 cm³/mol. The van der Waals surface area contributed by atoms with Crippen LogP contribution in [0.2, 0.25) is 0 Å². The van der Waals surface area contributed by atoms with Gasteiger partial charge in [0.25, 0.3) is 0 Å². The second-order valence-electron chi connectivity index (χ2n) is 1.49. The van der Waals surface area contributed by atoms with Crippen LogP contribution >= 0.6 is 0 Å². The molecule has 0 atom stereocenters. The number of nitrogens with two attached hydrogens (primary N) is 1. The summed E-state index contributed by atoms with van der Waals surface area (Å²) in [6.07, 6.45) is -0.431. The molecule has 0 spiro atoms. The molecule has 0 saturated carbocycles. The third-order valence-corrected chi connectivity index (χ3v) is 0.716. The summed E-state index contributed by atoms with van der Waals surface area (Å²) in [5.41, 5.74) is 1.65. The molecule has 6 nitrogen and oxygen atoms in total. The van der Waals surface area contributed by atoms with Gasteiger partial charge in [0, 0.05) is 0 Å². The molecule has 0 radical (unpaired) electrons. The van der Waals surface area contributed by atoms with Gasteiger partial charge in [0.2, 0.25) is 0 Å². The highest BCUT2D eigenvalue weighted by molar-refractivity contribution is 5.76. The summed E-state index contributed by atoms with van der Waals surface area (Å²) in [4.78, 5) is 24.2. The van der Waals surface area contributed by atoms with Gasteiger partial charge in [0.05, 0.1) is 12.8 Å². The van der Waals surface area contributed by atoms with Gasteiger partial charge in [-0.2, -0.15) is 0 Å². The van der Waals surface area contributed by atoms with E-state index in [1.807, 2.05) is 0 Å². The molecule has 4 N–H and O–H groups in total. The molecule has 0 aliphatic carbocycles. The number of carbonyl (C=O) groups is 2. The molecular formula is C4H8N2O4. The number of hydrogen-bond donors (Lipinski definition) is 3. The molecule has 0 amide bonds. The highest BCUT2D eigenvalue weighted by Gasteiger charge is 2.04. The van der Waals surface area contributed by atoms with Crippen LogP contribution in [0, 0.1) is 0 Å². The van der Waals surface area contributed by atoms with Gasteiger partial charge < -0.3 is 9.94 Å². The van der Waals surface area contributed by atoms with Crippen LogP contribution in [-0.4, -0.2) is 17.0 Å². The molecule has 0 fully saturated rings. The Labute approximate surface area is 56.9 Å². The van der Waals surface area contributed by atoms with Crippen molar-refractivity contribution in [1.29, 1.82) is 0 Å². The molecule has 0 heterocycles. The van der Waals surface area contributed by atoms with Gasteiger partial charge in [-0.25, -0.2) is 5.84 Å². The standard InChI is InChI=1S/C4H8N2O4/c5-6-10-4(9)2-1-3(7)8/h6H,1-2,5H2,(H,7,8). The highest BCUT2D eigenvalue weighted by atomic mass is 16.7. The summed E-state index contributed by atoms with van der Waals surface area (Å²) < 4.78 is 0. The Bertz CT molecular complexity index is 135. The second kappa shape index (κ2) is 4.71. The van der Waals surface area contributed by atoms with E-state index in [9.17, 15) is 9.59 Å². The van der Waals surface area contributed by atoms with Crippen molar-refractivity contribution in [3.8, 4) is 0 Å². The maximum atomic E-state index is 10.3. The number of rotatable bonds is 4. The predicted octanol–water partition coefficient (Wildman–Crippen LogP) is -1.23. The third kappa shape index (κ3) is 5.01. The van der Waals surface area contributed by atoms with E-state index in [2.05, 4.69) is 10.7 Å². The zero-order valence-electron chi connectivity index (χ0n) is 5.16. The largest absolute Gasteiger partial charge is 0.481 e. The Hall–Kier alpha value is -1.14. The van der Waals surface area contributed by atoms with Crippen LogP contribution in [0.5, 0.6) is 0 Å². The van der Waals surface area contributed by atoms with Crippen molar-refractivity contribution >= 4 is 11.9 Å². The van der Waals surface area contributed by atoms with Crippen molar-refractivity contribution in [3.63, 3.8) is 0 Å². The maximum Gasteiger partial charge on any atom is 0.327 e. The van der Waals surface area contributed by atoms with Crippen LogP contribution < -0.4 is 11.4 Å². The molecule has 0 saturated heterocycles. The van der Waals surface area contributed by atoms with Crippen molar-refractivity contribution in [1.82, 2.24) is 5.59 Å². The summed E-state index contributed by atoms with van der Waals surface area (Å²) in [6, 6.07) is 0. The third-order valence-electron chi connectivity index (χ3n) is 0.716. The monoisotopic (exact) mass is 148 g/mol. The number of hydrazine groups is 1. The Kier molecular flexibility index (Phi) is 4.17. The number of hydrogen-bond acceptors (Lipinski definition) is 5. The molecule has 0 unspecified atom stereocenters. The molecule has 0 rings (SSSR count). The van der Waals surface area contributed by atoms with E-state index in [1.54, 1.807) is 5.59 Å². The minimum atomic E-state index is -1.05. The SMILES string of the molecule is NNOC(=O)CCC(=O)O. The molecule has 0 bridgehead atoms. The zero-order chi connectivity index (χ0) is 7.98. The van der Waals surface area contributed by atoms with E-state index in [4.69, 9.17) is 5.11 Å². The van der Waals surface area contributed by atoms with Crippen LogP contribution in [0.25, 0.3) is 0 Å². The maximum absolute atomic E-state index is 10.3. The molecule has 10 heavy (non-hydrogen) atoms. The molecular weight excluding hydrogens is 140 g/mol. The van der Waals surface area contributed by atoms with Crippen LogP contribution in [0.3, 0.4) is 0 Å². The fourth-order valence-corrected chi connectivity index (χ4v) is 0.326. The van der Waals surface area contributed by atoms with Gasteiger partial charge in [-0.15, -0.1) is 0 Å². The van der Waals surface area contributed by atoms with Gasteiger partial charge in [-0.3, -0.25) is 9.59 Å². The lowest BCUT2D eigenvalue weighted by Gasteiger charge is -1.97. The smallest absolute Gasteiger partial charge is 0.327 e. The number of carboxylic acids is 1. The lowest BCUT2D eigenvalue weighted by atomic mass is 10.3. The molecule has 0 aliphatic heterocycles. The van der Waals surface area contributed by atoms with Crippen molar-refractivity contribution in [2.24, 2.45) is 5.84 Å². The Morgan fingerprint density at radius 2 is 2.10 bits per heavy atom. The van der Waals surface area contributed by atoms with Crippen molar-refractivity contribution in [2.75, 3.05) is 0 Å². The zero-order valence-corrected chi connectivity index (χ0v) is 5.16. The Morgan fingerprint density at radius 3 is 2.50 bits per heavy atom. The van der Waals surface area contributed by atoms with Crippen molar-refractivity contribution in [2.45, 2.75) is 12.8 Å². The minimum Gasteiger partial charge on any atom is -0.481 e. The van der Waals surface area contributed by atoms with E-state index in [1.165, 1.54) is 0 Å². The first-order valence-electron chi connectivity index (χ1n) is 2.54. The second-order valence-corrected chi connectivity index (χ2v) is 1.49. The van der Waals surface area contributed by atoms with E-state index < -0.39 is 11.9 Å². The van der Waals surface area contributed by atoms with Crippen molar-refractivity contribution in [3.05, 3.63) is 0 Å². The fraction of sp³-hybridized carbons (Fsp3) is 0.500. The molecule has 0 aliphatic rings. The first kappa shape index (κ1) is 8.86. The molecule has 0 aromatic heterocycles. The molecule has 0 aromatic carbocycles. The Morgan fingerprint density at radius 1 is 1.50 bits per heavy atom. The fourth-order valence-electron chi connectivity index (χ4n) is 0.326. The summed E-state index contributed by atoms with van der Waals surface area (Å²) in [6.45, 7) is 0. The van der Waals surface area contributed by atoms with Gasteiger partial charge >= 0.3 is 11.9 Å². The molecule has 0 aromatic rings. The number of nitrogens with one attached hydrogen (secondary N) is 1. The average Bonchev–Trinajstić information content (AvgIpc) is 1.85. The lowest BCUT2D eigenvalue weighted by molar-refractivity contribution is -0.153. The quantitative estimate of drug-likeness (QED) is 0.341. The number of carboxylic acid groups (broad SMARTS) is 1. The van der Waals surface area contributed by atoms with E-state index >= 15 is 0 Å². The first-order valence-corrected chi connectivity index (χ1v) is 2.54. The normalized spacial score (nSPS) is 8.90. The van der Waals surface area contributed by atoms with Gasteiger partial charge in [0.15, 0.2) is 0 Å². The summed E-state index contributed by atoms with van der Waals surface area (Å²) in [5.74, 6) is 2.86. The van der Waals surface area contributed by atoms with Crippen LogP contribution in [0.15, 0.2) is 0 Å². The Balaban J connectivity index is 3.30. The number of carbonyl (C=O) groups excluding carboxylic acids is 1. The number of aliphatic carboxylic acids is 1. The highest BCUT2D eigenvalue weighted by Crippen LogP contribution is 1.89. The van der Waals surface area contributed by atoms with Gasteiger partial charge in [-0.05, 0) is 0 Å². The summed E-state index contributed by atoms with van der Waals surface area (Å²) in [7, 11) is 0. The lowest BCUT2D eigenvalue weighted by Crippen LogP contribution is -2.26. The van der Waals surface area contributed by atoms with Crippen molar-refractivity contribution < 1.29 is 19.5 Å². The summed E-state index contributed by atoms with van der Waals surface area (Å²) in [5, 5.41) is 8.07. The van der Waals surface area contributed by atoms with Crippen LogP contribution in [0.4, 0.5) is 0 Å². The van der Waals surface area contributed by atoms with E-state index in [-0.39, 0.29) is 12.8 Å². The minimum absolute atomic E-state index is 0.181. The van der Waals surface area contributed by atoms with Gasteiger partial charge in [0.1, 0.15) is 0 Å². The molecule has 58 valence electrons. The van der Waals surface area contributed by atoms with E-state index in [0.29, 0.717) is 0 Å². The first-order chi connectivity index (χ1) is 4.66. The van der Waals surface area contributed by atoms with Crippen LogP contribution in [0.1, 0.15) is 12.8 Å². The van der Waals surface area contributed by atoms with E-state index in [0.717, 1.165) is 0 Å². The topological polar surface area (TPSA) is 102 Å². The van der Waals surface area contributed by atoms with Gasteiger partial charge in [-0.1, -0.05) is 5.59 Å². The molecule has 6 heteroatoms. The average molecular weight is 148 g/mol. The van der Waals surface area contributed by atoms with Crippen LogP contribution in [-0.2, 0) is 14.4 Å². The summed E-state index contributed by atoms with van der Waals surface area (Å²) >= 11 is 0.